The number of morpholine rings is 1. The fourth-order valence-electron chi connectivity index (χ4n) is 4.45. The Morgan fingerprint density at radius 1 is 1.00 bits per heavy atom. The van der Waals surface area contributed by atoms with Crippen LogP contribution in [0.3, 0.4) is 0 Å². The van der Waals surface area contributed by atoms with Gasteiger partial charge in [0.05, 0.1) is 6.04 Å². The Morgan fingerprint density at radius 3 is 2.28 bits per heavy atom. The minimum Gasteiger partial charge on any atom is -0.356 e. The first-order valence-electron chi connectivity index (χ1n) is 10.4. The molecule has 0 aromatic heterocycles. The largest absolute Gasteiger partial charge is 0.356 e. The van der Waals surface area contributed by atoms with E-state index in [1.807, 2.05) is 41.3 Å². The molecule has 2 fully saturated rings. The van der Waals surface area contributed by atoms with E-state index in [2.05, 4.69) is 24.3 Å². The van der Waals surface area contributed by atoms with Crippen LogP contribution in [0.2, 0.25) is 0 Å². The van der Waals surface area contributed by atoms with Crippen LogP contribution in [0.5, 0.6) is 0 Å². The minimum atomic E-state index is -0.647. The lowest BCUT2D eigenvalue weighted by Gasteiger charge is -2.41. The molecular weight excluding hydrogens is 364 g/mol. The first-order valence-corrected chi connectivity index (χ1v) is 10.4. The normalized spacial score (nSPS) is 23.3. The highest BCUT2D eigenvalue weighted by atomic mass is 16.5. The Labute approximate surface area is 172 Å². The molecule has 2 atom stereocenters. The molecule has 0 saturated carbocycles. The molecule has 2 heterocycles. The third-order valence-corrected chi connectivity index (χ3v) is 6.16. The van der Waals surface area contributed by atoms with Crippen molar-refractivity contribution in [3.63, 3.8) is 0 Å². The van der Waals surface area contributed by atoms with Gasteiger partial charge in [-0.25, -0.2) is 0 Å². The average Bonchev–Trinajstić information content (AvgIpc) is 2.77. The second-order valence-corrected chi connectivity index (χ2v) is 8.05. The van der Waals surface area contributed by atoms with E-state index in [-0.39, 0.29) is 24.5 Å². The molecule has 0 aliphatic carbocycles. The molecule has 0 spiro atoms. The van der Waals surface area contributed by atoms with Gasteiger partial charge in [-0.15, -0.1) is 0 Å². The maximum atomic E-state index is 13.3. The summed E-state index contributed by atoms with van der Waals surface area (Å²) in [6.45, 7) is 1.45. The van der Waals surface area contributed by atoms with Gasteiger partial charge in [0.2, 0.25) is 5.91 Å². The topological polar surface area (TPSA) is 49.9 Å². The summed E-state index contributed by atoms with van der Waals surface area (Å²) in [4.78, 5) is 29.1. The summed E-state index contributed by atoms with van der Waals surface area (Å²) in [5.74, 6) is 0.503. The zero-order valence-corrected chi connectivity index (χ0v) is 16.9. The van der Waals surface area contributed by atoms with Crippen molar-refractivity contribution in [2.45, 2.75) is 31.4 Å². The van der Waals surface area contributed by atoms with Gasteiger partial charge in [-0.3, -0.25) is 9.59 Å². The highest BCUT2D eigenvalue weighted by Gasteiger charge is 2.42. The maximum Gasteiger partial charge on any atom is 0.254 e. The number of carbonyl (C=O) groups is 2. The standard InChI is InChI=1S/C24H28N2O3/c1-25-21(27)17-29-23(22(25)20-10-6-3-7-11-20)24(28)26-14-12-19(13-15-26)16-18-8-4-2-5-9-18/h2-11,19,22-23H,12-17H2,1H3/t22-,23+/m0/s1. The van der Waals surface area contributed by atoms with Gasteiger partial charge in [0.1, 0.15) is 6.61 Å². The Kier molecular flexibility index (Phi) is 5.95. The highest BCUT2D eigenvalue weighted by Crippen LogP contribution is 2.31. The van der Waals surface area contributed by atoms with E-state index < -0.39 is 6.10 Å². The van der Waals surface area contributed by atoms with Crippen molar-refractivity contribution in [2.75, 3.05) is 26.7 Å². The molecule has 2 aromatic carbocycles. The van der Waals surface area contributed by atoms with Crippen molar-refractivity contribution in [1.82, 2.24) is 9.80 Å². The number of benzene rings is 2. The first kappa shape index (κ1) is 19.6. The Balaban J connectivity index is 1.42. The van der Waals surface area contributed by atoms with Crippen LogP contribution < -0.4 is 0 Å². The molecule has 2 aromatic rings. The number of likely N-dealkylation sites (N-methyl/N-ethyl adjacent to an activating group) is 1. The van der Waals surface area contributed by atoms with Crippen LogP contribution >= 0.6 is 0 Å². The van der Waals surface area contributed by atoms with Gasteiger partial charge in [0, 0.05) is 20.1 Å². The number of hydrogen-bond donors (Lipinski definition) is 0. The van der Waals surface area contributed by atoms with E-state index in [1.54, 1.807) is 11.9 Å². The molecule has 2 saturated heterocycles. The lowest BCUT2D eigenvalue weighted by atomic mass is 9.89. The number of piperidine rings is 1. The highest BCUT2D eigenvalue weighted by molar-refractivity contribution is 5.86. The zero-order chi connectivity index (χ0) is 20.2. The molecule has 2 aliphatic rings. The SMILES string of the molecule is CN1C(=O)CO[C@@H](C(=O)N2CCC(Cc3ccccc3)CC2)[C@@H]1c1ccccc1. The second-order valence-electron chi connectivity index (χ2n) is 8.05. The van der Waals surface area contributed by atoms with Crippen molar-refractivity contribution in [2.24, 2.45) is 5.92 Å². The van der Waals surface area contributed by atoms with Gasteiger partial charge < -0.3 is 14.5 Å². The van der Waals surface area contributed by atoms with Crippen molar-refractivity contribution < 1.29 is 14.3 Å². The second kappa shape index (κ2) is 8.78. The lowest BCUT2D eigenvalue weighted by Crippen LogP contribution is -2.55. The summed E-state index contributed by atoms with van der Waals surface area (Å²) in [6, 6.07) is 19.9. The molecule has 4 rings (SSSR count). The predicted octanol–water partition coefficient (Wildman–Crippen LogP) is 3.07. The molecule has 5 heteroatoms. The van der Waals surface area contributed by atoms with E-state index in [0.29, 0.717) is 5.92 Å². The minimum absolute atomic E-state index is 0.00337. The van der Waals surface area contributed by atoms with Crippen LogP contribution in [0.4, 0.5) is 0 Å². The van der Waals surface area contributed by atoms with E-state index >= 15 is 0 Å². The van der Waals surface area contributed by atoms with Crippen LogP contribution in [-0.2, 0) is 20.7 Å². The molecular formula is C24H28N2O3. The number of ether oxygens (including phenoxy) is 1. The van der Waals surface area contributed by atoms with Crippen LogP contribution in [0.1, 0.15) is 30.0 Å². The fraction of sp³-hybridized carbons (Fsp3) is 0.417. The van der Waals surface area contributed by atoms with Crippen LogP contribution in [0.25, 0.3) is 0 Å². The van der Waals surface area contributed by atoms with Crippen LogP contribution in [0.15, 0.2) is 60.7 Å². The summed E-state index contributed by atoms with van der Waals surface area (Å²) in [5, 5.41) is 0. The number of amides is 2. The summed E-state index contributed by atoms with van der Waals surface area (Å²) in [5.41, 5.74) is 2.29. The fourth-order valence-corrected chi connectivity index (χ4v) is 4.45. The van der Waals surface area contributed by atoms with Gasteiger partial charge in [-0.1, -0.05) is 60.7 Å². The Morgan fingerprint density at radius 2 is 1.62 bits per heavy atom. The lowest BCUT2D eigenvalue weighted by molar-refractivity contribution is -0.168. The molecule has 0 radical (unpaired) electrons. The van der Waals surface area contributed by atoms with E-state index in [1.165, 1.54) is 5.56 Å². The van der Waals surface area contributed by atoms with Crippen molar-refractivity contribution >= 4 is 11.8 Å². The third kappa shape index (κ3) is 4.35. The van der Waals surface area contributed by atoms with E-state index in [4.69, 9.17) is 4.74 Å². The van der Waals surface area contributed by atoms with Crippen molar-refractivity contribution in [3.8, 4) is 0 Å². The number of nitrogens with zero attached hydrogens (tertiary/aromatic N) is 2. The molecule has 29 heavy (non-hydrogen) atoms. The molecule has 2 aliphatic heterocycles. The van der Waals surface area contributed by atoms with Gasteiger partial charge in [0.25, 0.3) is 5.91 Å². The van der Waals surface area contributed by atoms with Gasteiger partial charge in [0.15, 0.2) is 6.10 Å². The third-order valence-electron chi connectivity index (χ3n) is 6.16. The monoisotopic (exact) mass is 392 g/mol. The molecule has 0 unspecified atom stereocenters. The maximum absolute atomic E-state index is 13.3. The number of carbonyl (C=O) groups excluding carboxylic acids is 2. The van der Waals surface area contributed by atoms with Crippen LogP contribution in [-0.4, -0.2) is 54.5 Å². The molecule has 152 valence electrons. The van der Waals surface area contributed by atoms with Crippen LogP contribution in [0, 0.1) is 5.92 Å². The molecule has 0 bridgehead atoms. The quantitative estimate of drug-likeness (QED) is 0.804. The molecule has 2 amide bonds. The summed E-state index contributed by atoms with van der Waals surface area (Å²) >= 11 is 0. The van der Waals surface area contributed by atoms with Crippen molar-refractivity contribution in [1.29, 1.82) is 0 Å². The van der Waals surface area contributed by atoms with Gasteiger partial charge in [-0.05, 0) is 36.3 Å². The summed E-state index contributed by atoms with van der Waals surface area (Å²) in [6.07, 6.45) is 2.41. The first-order chi connectivity index (χ1) is 14.1. The zero-order valence-electron chi connectivity index (χ0n) is 16.9. The van der Waals surface area contributed by atoms with Gasteiger partial charge >= 0.3 is 0 Å². The van der Waals surface area contributed by atoms with Crippen molar-refractivity contribution in [3.05, 3.63) is 71.8 Å². The van der Waals surface area contributed by atoms with E-state index in [9.17, 15) is 9.59 Å². The summed E-state index contributed by atoms with van der Waals surface area (Å²) < 4.78 is 5.78. The molecule has 0 N–H and O–H groups in total. The van der Waals surface area contributed by atoms with E-state index in [0.717, 1.165) is 37.9 Å². The smallest absolute Gasteiger partial charge is 0.254 e. The predicted molar refractivity (Wildman–Crippen MR) is 111 cm³/mol. The Bertz CT molecular complexity index is 832. The number of hydrogen-bond acceptors (Lipinski definition) is 3. The Hall–Kier alpha value is -2.66. The number of likely N-dealkylation sites (tertiary alicyclic amines) is 1. The average molecular weight is 392 g/mol. The summed E-state index contributed by atoms with van der Waals surface area (Å²) in [7, 11) is 1.76. The van der Waals surface area contributed by atoms with Gasteiger partial charge in [-0.2, -0.15) is 0 Å². The molecule has 5 nitrogen and oxygen atoms in total. The number of rotatable bonds is 4.